The lowest BCUT2D eigenvalue weighted by Gasteiger charge is -1.99. The van der Waals surface area contributed by atoms with Crippen molar-refractivity contribution in [1.29, 1.82) is 0 Å². The maximum absolute atomic E-state index is 4.84. The first-order valence-electron chi connectivity index (χ1n) is 4.18. The molecule has 15 heavy (non-hydrogen) atoms. The van der Waals surface area contributed by atoms with Crippen molar-refractivity contribution < 1.29 is 33.4 Å². The Bertz CT molecular complexity index is 469. The maximum Gasteiger partial charge on any atom is 0.307 e. The molecule has 0 radical (unpaired) electrons. The molecule has 0 aliphatic rings. The Morgan fingerprint density at radius 3 is 2.87 bits per heavy atom. The van der Waals surface area contributed by atoms with Gasteiger partial charge in [-0.05, 0) is 0 Å². The van der Waals surface area contributed by atoms with Crippen molar-refractivity contribution in [2.45, 2.75) is 0 Å². The molecule has 2 aromatic rings. The molecule has 6 nitrogen and oxygen atoms in total. The molecule has 82 valence electrons. The Hall–Kier alpha value is -0.960. The number of aromatic nitrogens is 4. The predicted octanol–water partition coefficient (Wildman–Crippen LogP) is -3.23. The molecule has 0 atom stereocenters. The normalized spacial score (nSPS) is 10.1. The van der Waals surface area contributed by atoms with Crippen LogP contribution in [-0.2, 0) is 18.9 Å². The summed E-state index contributed by atoms with van der Waals surface area (Å²) in [6, 6.07) is 0. The quantitative estimate of drug-likeness (QED) is 0.359. The topological polar surface area (TPSA) is 55.9 Å². The van der Waals surface area contributed by atoms with E-state index in [9.17, 15) is 0 Å². The van der Waals surface area contributed by atoms with Crippen LogP contribution in [0, 0.1) is 0 Å². The van der Waals surface area contributed by atoms with Crippen LogP contribution in [0.1, 0.15) is 0 Å². The molecule has 2 heterocycles. The highest BCUT2D eigenvalue weighted by molar-refractivity contribution is 5.79. The van der Waals surface area contributed by atoms with Crippen LogP contribution in [0.5, 0.6) is 0 Å². The second-order valence-corrected chi connectivity index (χ2v) is 3.04. The van der Waals surface area contributed by atoms with Gasteiger partial charge in [0.25, 0.3) is 0 Å². The molecule has 0 aromatic carbocycles. The SMILES string of the molecule is CONc1ncnc2c1n(C)c[n+]2C.[I-]. The molecule has 0 spiro atoms. The smallest absolute Gasteiger partial charge is 0.307 e. The molecule has 0 bridgehead atoms. The number of aryl methyl sites for hydroxylation is 2. The van der Waals surface area contributed by atoms with Gasteiger partial charge in [-0.2, -0.15) is 4.98 Å². The largest absolute Gasteiger partial charge is 1.00 e. The van der Waals surface area contributed by atoms with E-state index in [1.807, 2.05) is 29.6 Å². The van der Waals surface area contributed by atoms with Crippen LogP contribution in [0.3, 0.4) is 0 Å². The van der Waals surface area contributed by atoms with Crippen LogP contribution in [0.15, 0.2) is 12.7 Å². The van der Waals surface area contributed by atoms with Gasteiger partial charge in [0.05, 0.1) is 21.2 Å². The first-order valence-corrected chi connectivity index (χ1v) is 4.18. The predicted molar refractivity (Wildman–Crippen MR) is 50.3 cm³/mol. The first kappa shape index (κ1) is 12.1. The fraction of sp³-hybridized carbons (Fsp3) is 0.375. The molecule has 2 aromatic heterocycles. The Balaban J connectivity index is 0.00000112. The highest BCUT2D eigenvalue weighted by Crippen LogP contribution is 2.15. The van der Waals surface area contributed by atoms with Crippen molar-refractivity contribution in [1.82, 2.24) is 14.5 Å². The van der Waals surface area contributed by atoms with Gasteiger partial charge in [-0.1, -0.05) is 4.98 Å². The van der Waals surface area contributed by atoms with Gasteiger partial charge in [0.1, 0.15) is 0 Å². The number of rotatable bonds is 2. The number of hydrogen-bond donors (Lipinski definition) is 1. The molecule has 0 amide bonds. The fourth-order valence-electron chi connectivity index (χ4n) is 1.50. The highest BCUT2D eigenvalue weighted by atomic mass is 127. The molecular formula is C8H12IN5O. The number of fused-ring (bicyclic) bond motifs is 1. The van der Waals surface area contributed by atoms with Crippen LogP contribution >= 0.6 is 0 Å². The summed E-state index contributed by atoms with van der Waals surface area (Å²) in [4.78, 5) is 13.1. The molecule has 0 unspecified atom stereocenters. The average Bonchev–Trinajstić information content (AvgIpc) is 2.44. The number of nitrogens with one attached hydrogen (secondary N) is 1. The zero-order valence-corrected chi connectivity index (χ0v) is 10.9. The van der Waals surface area contributed by atoms with E-state index in [0.29, 0.717) is 5.82 Å². The van der Waals surface area contributed by atoms with E-state index in [4.69, 9.17) is 4.84 Å². The van der Waals surface area contributed by atoms with Crippen molar-refractivity contribution in [2.75, 3.05) is 12.6 Å². The fourth-order valence-corrected chi connectivity index (χ4v) is 1.50. The summed E-state index contributed by atoms with van der Waals surface area (Å²) in [7, 11) is 5.43. The van der Waals surface area contributed by atoms with Crippen molar-refractivity contribution in [2.24, 2.45) is 14.1 Å². The summed E-state index contributed by atoms with van der Waals surface area (Å²) in [6.07, 6.45) is 3.43. The van der Waals surface area contributed by atoms with Gasteiger partial charge in [-0.15, -0.1) is 0 Å². The van der Waals surface area contributed by atoms with Gasteiger partial charge < -0.3 is 24.0 Å². The number of halogens is 1. The molecule has 0 fully saturated rings. The van der Waals surface area contributed by atoms with Gasteiger partial charge in [0.2, 0.25) is 5.52 Å². The maximum atomic E-state index is 4.84. The van der Waals surface area contributed by atoms with Gasteiger partial charge in [-0.25, -0.2) is 10.0 Å². The molecule has 0 saturated heterocycles. The third-order valence-corrected chi connectivity index (χ3v) is 2.03. The van der Waals surface area contributed by atoms with Crippen LogP contribution in [0.4, 0.5) is 5.82 Å². The van der Waals surface area contributed by atoms with Crippen molar-refractivity contribution in [3.05, 3.63) is 12.7 Å². The number of nitrogens with zero attached hydrogens (tertiary/aromatic N) is 4. The molecule has 0 aliphatic carbocycles. The minimum absolute atomic E-state index is 0. The number of hydrogen-bond acceptors (Lipinski definition) is 4. The van der Waals surface area contributed by atoms with E-state index < -0.39 is 0 Å². The zero-order valence-electron chi connectivity index (χ0n) is 8.73. The average molecular weight is 321 g/mol. The monoisotopic (exact) mass is 321 g/mol. The molecule has 1 N–H and O–H groups in total. The van der Waals surface area contributed by atoms with Crippen molar-refractivity contribution in [3.63, 3.8) is 0 Å². The lowest BCUT2D eigenvalue weighted by molar-refractivity contribution is -0.647. The second kappa shape index (κ2) is 4.71. The number of anilines is 1. The van der Waals surface area contributed by atoms with Gasteiger partial charge in [-0.3, -0.25) is 9.40 Å². The van der Waals surface area contributed by atoms with Crippen LogP contribution in [0.2, 0.25) is 0 Å². The van der Waals surface area contributed by atoms with E-state index in [-0.39, 0.29) is 24.0 Å². The lowest BCUT2D eigenvalue weighted by atomic mass is 10.5. The van der Waals surface area contributed by atoms with E-state index in [1.54, 1.807) is 7.11 Å². The minimum Gasteiger partial charge on any atom is -1.00 e. The Labute approximate surface area is 104 Å². The molecule has 7 heteroatoms. The zero-order chi connectivity index (χ0) is 10.1. The Morgan fingerprint density at radius 2 is 2.20 bits per heavy atom. The Morgan fingerprint density at radius 1 is 1.47 bits per heavy atom. The molecule has 0 saturated carbocycles. The molecule has 2 rings (SSSR count). The molecular weight excluding hydrogens is 309 g/mol. The minimum atomic E-state index is 0. The summed E-state index contributed by atoms with van der Waals surface area (Å²) >= 11 is 0. The third-order valence-electron chi connectivity index (χ3n) is 2.03. The van der Waals surface area contributed by atoms with E-state index >= 15 is 0 Å². The second-order valence-electron chi connectivity index (χ2n) is 3.04. The van der Waals surface area contributed by atoms with E-state index in [1.165, 1.54) is 6.33 Å². The lowest BCUT2D eigenvalue weighted by Crippen LogP contribution is -3.00. The number of imidazole rings is 1. The summed E-state index contributed by atoms with van der Waals surface area (Å²) < 4.78 is 3.87. The van der Waals surface area contributed by atoms with E-state index in [2.05, 4.69) is 15.4 Å². The summed E-state index contributed by atoms with van der Waals surface area (Å²) in [5.41, 5.74) is 4.50. The summed E-state index contributed by atoms with van der Waals surface area (Å²) in [6.45, 7) is 0. The summed E-state index contributed by atoms with van der Waals surface area (Å²) in [5.74, 6) is 0.667. The summed E-state index contributed by atoms with van der Waals surface area (Å²) in [5, 5.41) is 0. The van der Waals surface area contributed by atoms with Gasteiger partial charge >= 0.3 is 5.65 Å². The van der Waals surface area contributed by atoms with E-state index in [0.717, 1.165) is 11.2 Å². The van der Waals surface area contributed by atoms with Crippen LogP contribution in [-0.4, -0.2) is 21.6 Å². The standard InChI is InChI=1S/C8H12N5O.HI/c1-12-5-13(2)8-6(12)7(11-14-3)9-4-10-8;/h4-5H,1-3H3,(H,9,10,11);1H/q+1;/p-1. The van der Waals surface area contributed by atoms with Crippen molar-refractivity contribution >= 4 is 17.0 Å². The van der Waals surface area contributed by atoms with Crippen LogP contribution < -0.4 is 34.0 Å². The Kier molecular flexibility index (Phi) is 3.80. The molecule has 0 aliphatic heterocycles. The van der Waals surface area contributed by atoms with Gasteiger partial charge in [0.15, 0.2) is 18.5 Å². The first-order chi connectivity index (χ1) is 6.74. The van der Waals surface area contributed by atoms with Gasteiger partial charge in [0, 0.05) is 0 Å². The van der Waals surface area contributed by atoms with Crippen LogP contribution in [0.25, 0.3) is 11.2 Å². The highest BCUT2D eigenvalue weighted by Gasteiger charge is 2.16. The van der Waals surface area contributed by atoms with Crippen molar-refractivity contribution in [3.8, 4) is 0 Å². The third kappa shape index (κ3) is 2.02.